The first-order valence-corrected chi connectivity index (χ1v) is 9.35. The van der Waals surface area contributed by atoms with E-state index in [-0.39, 0.29) is 5.91 Å². The summed E-state index contributed by atoms with van der Waals surface area (Å²) < 4.78 is 10.5. The number of nitrogens with one attached hydrogen (secondary N) is 1. The van der Waals surface area contributed by atoms with Gasteiger partial charge in [0, 0.05) is 35.5 Å². The number of hydrogen-bond acceptors (Lipinski definition) is 6. The molecule has 0 saturated heterocycles. The second-order valence-electron chi connectivity index (χ2n) is 5.92. The van der Waals surface area contributed by atoms with Crippen LogP contribution in [-0.2, 0) is 0 Å². The number of nitrogens with zero attached hydrogens (tertiary/aromatic N) is 2. The highest BCUT2D eigenvalue weighted by Crippen LogP contribution is 2.40. The van der Waals surface area contributed by atoms with Gasteiger partial charge in [-0.1, -0.05) is 0 Å². The summed E-state index contributed by atoms with van der Waals surface area (Å²) in [6.45, 7) is 0. The molecule has 26 heavy (non-hydrogen) atoms. The Morgan fingerprint density at radius 3 is 2.38 bits per heavy atom. The zero-order valence-electron chi connectivity index (χ0n) is 14.8. The first kappa shape index (κ1) is 18.1. The number of methoxy groups -OCH3 is 2. The smallest absolute Gasteiger partial charge is 0.257 e. The average Bonchev–Trinajstić information content (AvgIpc) is 3.51. The molecule has 0 spiro atoms. The van der Waals surface area contributed by atoms with Crippen LogP contribution in [0.1, 0.15) is 40.4 Å². The van der Waals surface area contributed by atoms with Crippen molar-refractivity contribution >= 4 is 23.4 Å². The lowest BCUT2D eigenvalue weighted by molar-refractivity contribution is 0.102. The average molecular weight is 369 g/mol. The fourth-order valence-corrected chi connectivity index (χ4v) is 3.20. The van der Waals surface area contributed by atoms with Crippen molar-refractivity contribution in [1.82, 2.24) is 4.98 Å². The van der Waals surface area contributed by atoms with Crippen LogP contribution in [-0.4, -0.2) is 31.4 Å². The minimum absolute atomic E-state index is 0.300. The van der Waals surface area contributed by atoms with Crippen LogP contribution in [0.15, 0.2) is 29.3 Å². The molecule has 1 aromatic heterocycles. The van der Waals surface area contributed by atoms with Gasteiger partial charge in [0.15, 0.2) is 0 Å². The van der Waals surface area contributed by atoms with Gasteiger partial charge in [-0.3, -0.25) is 4.79 Å². The molecule has 7 heteroatoms. The lowest BCUT2D eigenvalue weighted by Crippen LogP contribution is -2.15. The quantitative estimate of drug-likeness (QED) is 0.779. The molecule has 1 aliphatic carbocycles. The summed E-state index contributed by atoms with van der Waals surface area (Å²) in [5.41, 5.74) is 2.05. The minimum Gasteiger partial charge on any atom is -0.497 e. The van der Waals surface area contributed by atoms with Crippen molar-refractivity contribution in [2.45, 2.75) is 23.8 Å². The van der Waals surface area contributed by atoms with Crippen molar-refractivity contribution in [3.05, 3.63) is 41.1 Å². The number of pyridine rings is 1. The zero-order valence-corrected chi connectivity index (χ0v) is 15.6. The lowest BCUT2D eigenvalue weighted by Gasteiger charge is -2.12. The van der Waals surface area contributed by atoms with Crippen molar-refractivity contribution in [3.63, 3.8) is 0 Å². The number of carbonyl (C=O) groups excluding carboxylic acids is 1. The summed E-state index contributed by atoms with van der Waals surface area (Å²) in [6.07, 6.45) is 4.00. The van der Waals surface area contributed by atoms with Crippen LogP contribution in [0, 0.1) is 11.3 Å². The highest BCUT2D eigenvalue weighted by atomic mass is 32.2. The van der Waals surface area contributed by atoms with E-state index in [2.05, 4.69) is 16.4 Å². The van der Waals surface area contributed by atoms with Gasteiger partial charge in [-0.2, -0.15) is 5.26 Å². The Hall–Kier alpha value is -2.72. The van der Waals surface area contributed by atoms with E-state index in [0.29, 0.717) is 39.3 Å². The maximum Gasteiger partial charge on any atom is 0.257 e. The second-order valence-corrected chi connectivity index (χ2v) is 6.72. The third kappa shape index (κ3) is 3.75. The maximum absolute atomic E-state index is 12.9. The van der Waals surface area contributed by atoms with Crippen LogP contribution in [0.5, 0.6) is 11.5 Å². The number of aromatic nitrogens is 1. The zero-order chi connectivity index (χ0) is 18.7. The van der Waals surface area contributed by atoms with Gasteiger partial charge in [-0.15, -0.1) is 11.8 Å². The van der Waals surface area contributed by atoms with Crippen LogP contribution in [0.4, 0.5) is 5.69 Å². The van der Waals surface area contributed by atoms with Gasteiger partial charge in [0.05, 0.1) is 25.3 Å². The number of nitriles is 1. The number of thioether (sulfide) groups is 1. The first-order valence-electron chi connectivity index (χ1n) is 8.13. The molecule has 0 radical (unpaired) electrons. The fraction of sp³-hybridized carbons (Fsp3) is 0.316. The van der Waals surface area contributed by atoms with Gasteiger partial charge < -0.3 is 14.8 Å². The number of hydrogen-bond donors (Lipinski definition) is 1. The molecule has 1 heterocycles. The number of rotatable bonds is 6. The molecule has 0 unspecified atom stereocenters. The topological polar surface area (TPSA) is 84.2 Å². The van der Waals surface area contributed by atoms with Gasteiger partial charge >= 0.3 is 0 Å². The largest absolute Gasteiger partial charge is 0.497 e. The van der Waals surface area contributed by atoms with Crippen molar-refractivity contribution < 1.29 is 14.3 Å². The highest BCUT2D eigenvalue weighted by Gasteiger charge is 2.28. The SMILES string of the molecule is COc1cc(NC(=O)c2cc(C3CC3)nc(SC)c2C#N)cc(OC)c1. The third-order valence-electron chi connectivity index (χ3n) is 4.16. The molecule has 0 aliphatic heterocycles. The summed E-state index contributed by atoms with van der Waals surface area (Å²) in [5, 5.41) is 13.0. The van der Waals surface area contributed by atoms with E-state index >= 15 is 0 Å². The summed E-state index contributed by atoms with van der Waals surface area (Å²) in [7, 11) is 3.09. The predicted octanol–water partition coefficient (Wildman–Crippen LogP) is 3.82. The van der Waals surface area contributed by atoms with Crippen LogP contribution in [0.25, 0.3) is 0 Å². The molecule has 0 bridgehead atoms. The Morgan fingerprint density at radius 2 is 1.88 bits per heavy atom. The van der Waals surface area contributed by atoms with Crippen molar-refractivity contribution in [2.75, 3.05) is 25.8 Å². The van der Waals surface area contributed by atoms with Crippen molar-refractivity contribution in [3.8, 4) is 17.6 Å². The number of benzene rings is 1. The normalized spacial score (nSPS) is 13.0. The molecule has 134 valence electrons. The number of anilines is 1. The second kappa shape index (κ2) is 7.67. The highest BCUT2D eigenvalue weighted by molar-refractivity contribution is 7.98. The van der Waals surface area contributed by atoms with Crippen molar-refractivity contribution in [2.24, 2.45) is 0 Å². The maximum atomic E-state index is 12.9. The fourth-order valence-electron chi connectivity index (χ4n) is 2.64. The summed E-state index contributed by atoms with van der Waals surface area (Å²) in [5.74, 6) is 1.17. The van der Waals surface area contributed by atoms with Gasteiger partial charge in [-0.25, -0.2) is 4.98 Å². The van der Waals surface area contributed by atoms with Crippen LogP contribution in [0.3, 0.4) is 0 Å². The van der Waals surface area contributed by atoms with E-state index in [9.17, 15) is 10.1 Å². The Bertz CT molecular complexity index is 866. The molecule has 1 aromatic carbocycles. The molecule has 1 fully saturated rings. The predicted molar refractivity (Wildman–Crippen MR) is 100 cm³/mol. The van der Waals surface area contributed by atoms with E-state index in [1.165, 1.54) is 11.8 Å². The third-order valence-corrected chi connectivity index (χ3v) is 4.84. The molecule has 1 N–H and O–H groups in total. The molecule has 1 amide bonds. The molecule has 1 saturated carbocycles. The van der Waals surface area contributed by atoms with Gasteiger partial charge in [0.2, 0.25) is 0 Å². The standard InChI is InChI=1S/C19H19N3O3S/c1-24-13-6-12(7-14(8-13)25-2)21-18(23)15-9-17(11-4-5-11)22-19(26-3)16(15)10-20/h6-9,11H,4-5H2,1-3H3,(H,21,23). The molecular weight excluding hydrogens is 350 g/mol. The molecule has 0 atom stereocenters. The van der Waals surface area contributed by atoms with Crippen LogP contribution < -0.4 is 14.8 Å². The van der Waals surface area contributed by atoms with E-state index in [0.717, 1.165) is 18.5 Å². The summed E-state index contributed by atoms with van der Waals surface area (Å²) in [4.78, 5) is 17.4. The Balaban J connectivity index is 1.97. The lowest BCUT2D eigenvalue weighted by atomic mass is 10.1. The summed E-state index contributed by atoms with van der Waals surface area (Å²) in [6, 6.07) is 8.98. The molecular formula is C19H19N3O3S. The molecule has 2 aromatic rings. The van der Waals surface area contributed by atoms with Crippen molar-refractivity contribution in [1.29, 1.82) is 5.26 Å². The van der Waals surface area contributed by atoms with E-state index in [4.69, 9.17) is 9.47 Å². The number of amides is 1. The Labute approximate surface area is 156 Å². The van der Waals surface area contributed by atoms with Crippen LogP contribution in [0.2, 0.25) is 0 Å². The van der Waals surface area contributed by atoms with Gasteiger partial charge in [0.25, 0.3) is 5.91 Å². The number of carbonyl (C=O) groups is 1. The Morgan fingerprint density at radius 1 is 1.23 bits per heavy atom. The van der Waals surface area contributed by atoms with E-state index in [1.807, 2.05) is 6.26 Å². The van der Waals surface area contributed by atoms with E-state index in [1.54, 1.807) is 38.5 Å². The summed E-state index contributed by atoms with van der Waals surface area (Å²) >= 11 is 1.38. The van der Waals surface area contributed by atoms with E-state index < -0.39 is 0 Å². The Kier molecular flexibility index (Phi) is 5.33. The van der Waals surface area contributed by atoms with Gasteiger partial charge in [-0.05, 0) is 25.2 Å². The molecule has 1 aliphatic rings. The minimum atomic E-state index is -0.351. The first-order chi connectivity index (χ1) is 12.6. The van der Waals surface area contributed by atoms with Crippen LogP contribution >= 0.6 is 11.8 Å². The number of ether oxygens (including phenoxy) is 2. The monoisotopic (exact) mass is 369 g/mol. The molecule has 3 rings (SSSR count). The molecule has 6 nitrogen and oxygen atoms in total. The van der Waals surface area contributed by atoms with Gasteiger partial charge in [0.1, 0.15) is 22.6 Å².